The Morgan fingerprint density at radius 3 is 1.73 bits per heavy atom. The minimum absolute atomic E-state index is 0.171. The van der Waals surface area contributed by atoms with Gasteiger partial charge in [-0.1, -0.05) is 33.8 Å². The Morgan fingerprint density at radius 1 is 0.933 bits per heavy atom. The van der Waals surface area contributed by atoms with E-state index in [0.29, 0.717) is 0 Å². The molecule has 0 aromatic rings. The van der Waals surface area contributed by atoms with Gasteiger partial charge < -0.3 is 5.11 Å². The van der Waals surface area contributed by atoms with Crippen molar-refractivity contribution in [2.24, 2.45) is 10.8 Å². The Bertz CT molecular complexity index is 206. The van der Waals surface area contributed by atoms with Gasteiger partial charge in [0.2, 0.25) is 0 Å². The van der Waals surface area contributed by atoms with Crippen LogP contribution in [0.2, 0.25) is 0 Å². The molecule has 1 nitrogen and oxygen atoms in total. The molecular weight excluding hydrogens is 184 g/mol. The van der Waals surface area contributed by atoms with Gasteiger partial charge in [0.25, 0.3) is 0 Å². The third-order valence-corrected chi connectivity index (χ3v) is 2.57. The van der Waals surface area contributed by atoms with Crippen molar-refractivity contribution >= 4 is 0 Å². The predicted octanol–water partition coefficient (Wildman–Crippen LogP) is 4.17. The maximum Gasteiger partial charge on any atom is 0.0596 e. The second-order valence-corrected chi connectivity index (χ2v) is 6.99. The smallest absolute Gasteiger partial charge is 0.0596 e. The first-order valence-corrected chi connectivity index (χ1v) is 5.81. The summed E-state index contributed by atoms with van der Waals surface area (Å²) in [5.41, 5.74) is -0.130. The van der Waals surface area contributed by atoms with Crippen molar-refractivity contribution in [1.29, 1.82) is 0 Å². The van der Waals surface area contributed by atoms with E-state index in [1.54, 1.807) is 0 Å². The zero-order valence-corrected chi connectivity index (χ0v) is 11.4. The molecule has 0 fully saturated rings. The summed E-state index contributed by atoms with van der Waals surface area (Å²) in [6.45, 7) is 16.6. The second-order valence-electron chi connectivity index (χ2n) is 6.99. The molecule has 0 bridgehead atoms. The highest BCUT2D eigenvalue weighted by Crippen LogP contribution is 2.40. The first-order chi connectivity index (χ1) is 6.47. The van der Waals surface area contributed by atoms with E-state index in [1.165, 1.54) is 0 Å². The average molecular weight is 212 g/mol. The Morgan fingerprint density at radius 2 is 1.40 bits per heavy atom. The third kappa shape index (κ3) is 7.61. The van der Waals surface area contributed by atoms with E-state index in [4.69, 9.17) is 0 Å². The van der Waals surface area contributed by atoms with Crippen molar-refractivity contribution in [1.82, 2.24) is 0 Å². The van der Waals surface area contributed by atoms with Gasteiger partial charge in [-0.05, 0) is 43.9 Å². The zero-order chi connectivity index (χ0) is 12.3. The third-order valence-electron chi connectivity index (χ3n) is 2.57. The Balaban J connectivity index is 4.42. The second kappa shape index (κ2) is 4.69. The molecule has 0 unspecified atom stereocenters. The summed E-state index contributed by atoms with van der Waals surface area (Å²) in [4.78, 5) is 0. The molecule has 1 N–H and O–H groups in total. The molecule has 15 heavy (non-hydrogen) atoms. The molecular formula is C14H28O. The van der Waals surface area contributed by atoms with Gasteiger partial charge in [-0.25, -0.2) is 0 Å². The van der Waals surface area contributed by atoms with Crippen molar-refractivity contribution in [3.05, 3.63) is 12.7 Å². The van der Waals surface area contributed by atoms with Crippen LogP contribution in [0.4, 0.5) is 0 Å². The molecule has 0 atom stereocenters. The van der Waals surface area contributed by atoms with Crippen LogP contribution in [0, 0.1) is 10.8 Å². The fourth-order valence-corrected chi connectivity index (χ4v) is 2.99. The zero-order valence-electron chi connectivity index (χ0n) is 11.4. The van der Waals surface area contributed by atoms with Gasteiger partial charge in [0, 0.05) is 0 Å². The SMILES string of the molecule is C=CCC(C)(C)CC(C)(C)CC(C)(C)O. The lowest BCUT2D eigenvalue weighted by Crippen LogP contribution is -2.31. The average Bonchev–Trinajstić information content (AvgIpc) is 1.74. The lowest BCUT2D eigenvalue weighted by Gasteiger charge is -2.38. The van der Waals surface area contributed by atoms with Crippen molar-refractivity contribution in [3.8, 4) is 0 Å². The van der Waals surface area contributed by atoms with Gasteiger partial charge in [0.15, 0.2) is 0 Å². The number of hydrogen-bond acceptors (Lipinski definition) is 1. The minimum Gasteiger partial charge on any atom is -0.390 e. The van der Waals surface area contributed by atoms with E-state index >= 15 is 0 Å². The monoisotopic (exact) mass is 212 g/mol. The van der Waals surface area contributed by atoms with E-state index in [1.807, 2.05) is 19.9 Å². The summed E-state index contributed by atoms with van der Waals surface area (Å²) < 4.78 is 0. The number of hydrogen-bond donors (Lipinski definition) is 1. The summed E-state index contributed by atoms with van der Waals surface area (Å²) >= 11 is 0. The van der Waals surface area contributed by atoms with Crippen LogP contribution >= 0.6 is 0 Å². The molecule has 0 saturated carbocycles. The quantitative estimate of drug-likeness (QED) is 0.655. The highest BCUT2D eigenvalue weighted by molar-refractivity contribution is 4.87. The fraction of sp³-hybridized carbons (Fsp3) is 0.857. The van der Waals surface area contributed by atoms with Crippen LogP contribution in [0.5, 0.6) is 0 Å². The van der Waals surface area contributed by atoms with Gasteiger partial charge in [-0.3, -0.25) is 0 Å². The fourth-order valence-electron chi connectivity index (χ4n) is 2.99. The van der Waals surface area contributed by atoms with E-state index in [2.05, 4.69) is 34.3 Å². The van der Waals surface area contributed by atoms with Gasteiger partial charge in [0.1, 0.15) is 0 Å². The molecule has 0 rings (SSSR count). The maximum atomic E-state index is 9.86. The van der Waals surface area contributed by atoms with E-state index in [9.17, 15) is 5.11 Å². The number of aliphatic hydroxyl groups is 1. The lowest BCUT2D eigenvalue weighted by atomic mass is 9.69. The predicted molar refractivity (Wildman–Crippen MR) is 67.9 cm³/mol. The maximum absolute atomic E-state index is 9.86. The van der Waals surface area contributed by atoms with Gasteiger partial charge >= 0.3 is 0 Å². The molecule has 0 aromatic heterocycles. The van der Waals surface area contributed by atoms with Gasteiger partial charge in [-0.15, -0.1) is 6.58 Å². The van der Waals surface area contributed by atoms with Crippen molar-refractivity contribution in [3.63, 3.8) is 0 Å². The van der Waals surface area contributed by atoms with Crippen LogP contribution in [0.3, 0.4) is 0 Å². The molecule has 0 amide bonds. The molecule has 0 aliphatic rings. The van der Waals surface area contributed by atoms with Crippen LogP contribution in [0.25, 0.3) is 0 Å². The van der Waals surface area contributed by atoms with Crippen molar-refractivity contribution in [2.75, 3.05) is 0 Å². The van der Waals surface area contributed by atoms with Crippen LogP contribution in [0.1, 0.15) is 60.8 Å². The van der Waals surface area contributed by atoms with Crippen LogP contribution < -0.4 is 0 Å². The molecule has 0 spiro atoms. The molecule has 0 aliphatic heterocycles. The standard InChI is InChI=1S/C14H28O/c1-8-9-12(2,3)10-13(4,5)11-14(6,7)15/h8,15H,1,9-11H2,2-7H3. The first-order valence-electron chi connectivity index (χ1n) is 5.81. The van der Waals surface area contributed by atoms with E-state index < -0.39 is 5.60 Å². The minimum atomic E-state index is -0.576. The molecule has 90 valence electrons. The van der Waals surface area contributed by atoms with E-state index in [0.717, 1.165) is 19.3 Å². The molecule has 0 aliphatic carbocycles. The Kier molecular flexibility index (Phi) is 4.60. The van der Waals surface area contributed by atoms with Crippen LogP contribution in [-0.2, 0) is 0 Å². The van der Waals surface area contributed by atoms with Crippen molar-refractivity contribution < 1.29 is 5.11 Å². The van der Waals surface area contributed by atoms with Crippen molar-refractivity contribution in [2.45, 2.75) is 66.4 Å². The Hall–Kier alpha value is -0.300. The summed E-state index contributed by atoms with van der Waals surface area (Å²) in [7, 11) is 0. The largest absolute Gasteiger partial charge is 0.390 e. The van der Waals surface area contributed by atoms with Gasteiger partial charge in [0.05, 0.1) is 5.60 Å². The highest BCUT2D eigenvalue weighted by Gasteiger charge is 2.32. The van der Waals surface area contributed by atoms with Gasteiger partial charge in [-0.2, -0.15) is 0 Å². The lowest BCUT2D eigenvalue weighted by molar-refractivity contribution is 0.0176. The number of rotatable bonds is 6. The highest BCUT2D eigenvalue weighted by atomic mass is 16.3. The summed E-state index contributed by atoms with van der Waals surface area (Å²) in [6.07, 6.45) is 4.96. The molecule has 0 radical (unpaired) electrons. The van der Waals surface area contributed by atoms with Crippen LogP contribution in [0.15, 0.2) is 12.7 Å². The topological polar surface area (TPSA) is 20.2 Å². The van der Waals surface area contributed by atoms with Crippen LogP contribution in [-0.4, -0.2) is 10.7 Å². The summed E-state index contributed by atoms with van der Waals surface area (Å²) in [5, 5.41) is 9.86. The normalized spacial score (nSPS) is 14.1. The molecule has 0 aromatic carbocycles. The molecule has 0 saturated heterocycles. The molecule has 1 heteroatoms. The Labute approximate surface area is 95.6 Å². The number of allylic oxidation sites excluding steroid dienone is 1. The molecule has 0 heterocycles. The first kappa shape index (κ1) is 14.7. The van der Waals surface area contributed by atoms with E-state index in [-0.39, 0.29) is 10.8 Å². The summed E-state index contributed by atoms with van der Waals surface area (Å²) in [5.74, 6) is 0. The summed E-state index contributed by atoms with van der Waals surface area (Å²) in [6, 6.07) is 0.